The molecule has 0 aliphatic heterocycles. The maximum atomic E-state index is 11.6. The summed E-state index contributed by atoms with van der Waals surface area (Å²) in [6, 6.07) is 7.02. The van der Waals surface area contributed by atoms with Crippen molar-refractivity contribution in [2.75, 3.05) is 0 Å². The van der Waals surface area contributed by atoms with Gasteiger partial charge in [0.1, 0.15) is 0 Å². The number of carbonyl (C=O) groups is 2. The lowest BCUT2D eigenvalue weighted by atomic mass is 10.1. The monoisotopic (exact) mass is 247 g/mol. The number of amides is 1. The van der Waals surface area contributed by atoms with Gasteiger partial charge in [-0.15, -0.1) is 0 Å². The maximum absolute atomic E-state index is 11.6. The summed E-state index contributed by atoms with van der Waals surface area (Å²) in [5.74, 6) is -0.238. The predicted molar refractivity (Wildman–Crippen MR) is 67.4 cm³/mol. The number of carboxylic acids is 1. The van der Waals surface area contributed by atoms with Crippen LogP contribution in [0.5, 0.6) is 0 Å². The molecule has 1 aliphatic carbocycles. The molecule has 0 radical (unpaired) electrons. The van der Waals surface area contributed by atoms with Crippen molar-refractivity contribution >= 4 is 11.9 Å². The van der Waals surface area contributed by atoms with Crippen molar-refractivity contribution in [3.63, 3.8) is 0 Å². The van der Waals surface area contributed by atoms with E-state index < -0.39 is 5.97 Å². The molecule has 0 saturated heterocycles. The van der Waals surface area contributed by atoms with Gasteiger partial charge in [0.2, 0.25) is 5.91 Å². The number of nitrogens with one attached hydrogen (secondary N) is 1. The van der Waals surface area contributed by atoms with Gasteiger partial charge in [0.05, 0.1) is 5.56 Å². The van der Waals surface area contributed by atoms with E-state index in [-0.39, 0.29) is 11.5 Å². The first kappa shape index (κ1) is 12.6. The van der Waals surface area contributed by atoms with E-state index in [1.54, 1.807) is 24.3 Å². The molecule has 0 spiro atoms. The van der Waals surface area contributed by atoms with E-state index in [1.807, 2.05) is 0 Å². The van der Waals surface area contributed by atoms with Gasteiger partial charge in [0, 0.05) is 12.5 Å². The van der Waals surface area contributed by atoms with Gasteiger partial charge in [0.25, 0.3) is 0 Å². The Kier molecular flexibility index (Phi) is 3.65. The maximum Gasteiger partial charge on any atom is 0.335 e. The summed E-state index contributed by atoms with van der Waals surface area (Å²) in [5.41, 5.74) is 1.26. The summed E-state index contributed by atoms with van der Waals surface area (Å²) < 4.78 is 0. The van der Waals surface area contributed by atoms with Crippen LogP contribution in [0.4, 0.5) is 0 Å². The molecule has 4 nitrogen and oxygen atoms in total. The Bertz CT molecular complexity index is 453. The topological polar surface area (TPSA) is 66.4 Å². The van der Waals surface area contributed by atoms with Crippen LogP contribution in [0, 0.1) is 5.92 Å². The minimum atomic E-state index is -0.929. The van der Waals surface area contributed by atoms with Crippen molar-refractivity contribution in [2.45, 2.75) is 32.2 Å². The summed E-state index contributed by atoms with van der Waals surface area (Å²) in [6.45, 7) is 2.12. The number of hydrogen-bond donors (Lipinski definition) is 2. The number of benzene rings is 1. The number of hydrogen-bond acceptors (Lipinski definition) is 2. The normalized spacial score (nSPS) is 21.4. The van der Waals surface area contributed by atoms with Crippen molar-refractivity contribution in [2.24, 2.45) is 5.92 Å². The molecule has 1 aliphatic rings. The first-order chi connectivity index (χ1) is 8.56. The van der Waals surface area contributed by atoms with Crippen LogP contribution >= 0.6 is 0 Å². The smallest absolute Gasteiger partial charge is 0.335 e. The fourth-order valence-electron chi connectivity index (χ4n) is 1.87. The molecule has 1 saturated carbocycles. The second-order valence-corrected chi connectivity index (χ2v) is 4.89. The Morgan fingerprint density at radius 2 is 1.94 bits per heavy atom. The molecule has 0 bridgehead atoms. The first-order valence-electron chi connectivity index (χ1n) is 6.18. The molecule has 2 atom stereocenters. The van der Waals surface area contributed by atoms with Crippen molar-refractivity contribution in [3.8, 4) is 0 Å². The molecular weight excluding hydrogens is 230 g/mol. The Morgan fingerprint density at radius 1 is 1.33 bits per heavy atom. The quantitative estimate of drug-likeness (QED) is 0.834. The van der Waals surface area contributed by atoms with Gasteiger partial charge < -0.3 is 10.4 Å². The van der Waals surface area contributed by atoms with Gasteiger partial charge in [-0.3, -0.25) is 4.79 Å². The van der Waals surface area contributed by atoms with Crippen molar-refractivity contribution in [1.82, 2.24) is 5.32 Å². The van der Waals surface area contributed by atoms with Crippen molar-refractivity contribution in [3.05, 3.63) is 35.4 Å². The molecular formula is C14H17NO3. The zero-order valence-electron chi connectivity index (χ0n) is 10.3. The molecule has 18 heavy (non-hydrogen) atoms. The molecule has 1 fully saturated rings. The van der Waals surface area contributed by atoms with Gasteiger partial charge in [-0.1, -0.05) is 19.1 Å². The third kappa shape index (κ3) is 3.32. The summed E-state index contributed by atoms with van der Waals surface area (Å²) in [6.07, 6.45) is 2.18. The second-order valence-electron chi connectivity index (χ2n) is 4.89. The predicted octanol–water partition coefficient (Wildman–Crippen LogP) is 1.84. The third-order valence-electron chi connectivity index (χ3n) is 3.30. The van der Waals surface area contributed by atoms with Gasteiger partial charge in [0.15, 0.2) is 0 Å². The van der Waals surface area contributed by atoms with E-state index in [0.717, 1.165) is 12.0 Å². The molecule has 0 unspecified atom stereocenters. The van der Waals surface area contributed by atoms with Crippen LogP contribution in [0.3, 0.4) is 0 Å². The standard InChI is InChI=1S/C14H17NO3/c1-9-8-12(9)15-13(16)7-4-10-2-5-11(6-3-10)14(17)18/h2-3,5-6,9,12H,4,7-8H2,1H3,(H,15,16)(H,17,18)/t9-,12-/m1/s1. The number of carboxylic acid groups (broad SMARTS) is 1. The Hall–Kier alpha value is -1.84. The molecule has 0 aromatic heterocycles. The zero-order valence-corrected chi connectivity index (χ0v) is 10.3. The molecule has 2 N–H and O–H groups in total. The van der Waals surface area contributed by atoms with Gasteiger partial charge in [-0.05, 0) is 36.5 Å². The first-order valence-corrected chi connectivity index (χ1v) is 6.18. The number of rotatable bonds is 5. The minimum absolute atomic E-state index is 0.0756. The van der Waals surface area contributed by atoms with E-state index in [0.29, 0.717) is 24.8 Å². The summed E-state index contributed by atoms with van der Waals surface area (Å²) in [7, 11) is 0. The Balaban J connectivity index is 1.79. The lowest BCUT2D eigenvalue weighted by molar-refractivity contribution is -0.121. The number of aromatic carboxylic acids is 1. The van der Waals surface area contributed by atoms with Crippen LogP contribution < -0.4 is 5.32 Å². The fourth-order valence-corrected chi connectivity index (χ4v) is 1.87. The lowest BCUT2D eigenvalue weighted by Crippen LogP contribution is -2.26. The van der Waals surface area contributed by atoms with Crippen LogP contribution in [-0.4, -0.2) is 23.0 Å². The number of aryl methyl sites for hydroxylation is 1. The third-order valence-corrected chi connectivity index (χ3v) is 3.30. The van der Waals surface area contributed by atoms with Crippen molar-refractivity contribution < 1.29 is 14.7 Å². The fraction of sp³-hybridized carbons (Fsp3) is 0.429. The minimum Gasteiger partial charge on any atom is -0.478 e. The highest BCUT2D eigenvalue weighted by Crippen LogP contribution is 2.28. The van der Waals surface area contributed by atoms with E-state index in [2.05, 4.69) is 12.2 Å². The Morgan fingerprint density at radius 3 is 2.44 bits per heavy atom. The second kappa shape index (κ2) is 5.21. The van der Waals surface area contributed by atoms with E-state index >= 15 is 0 Å². The van der Waals surface area contributed by atoms with Crippen molar-refractivity contribution in [1.29, 1.82) is 0 Å². The highest BCUT2D eigenvalue weighted by atomic mass is 16.4. The summed E-state index contributed by atoms with van der Waals surface area (Å²) in [5, 5.41) is 11.7. The average molecular weight is 247 g/mol. The van der Waals surface area contributed by atoms with Crippen LogP contribution in [0.1, 0.15) is 35.7 Å². The summed E-state index contributed by atoms with van der Waals surface area (Å²) in [4.78, 5) is 22.3. The van der Waals surface area contributed by atoms with Crippen LogP contribution in [0.25, 0.3) is 0 Å². The van der Waals surface area contributed by atoms with E-state index in [4.69, 9.17) is 5.11 Å². The highest BCUT2D eigenvalue weighted by Gasteiger charge is 2.33. The lowest BCUT2D eigenvalue weighted by Gasteiger charge is -2.04. The molecule has 1 aromatic rings. The van der Waals surface area contributed by atoms with Crippen LogP contribution in [-0.2, 0) is 11.2 Å². The van der Waals surface area contributed by atoms with E-state index in [9.17, 15) is 9.59 Å². The molecule has 4 heteroatoms. The number of carbonyl (C=O) groups excluding carboxylic acids is 1. The summed E-state index contributed by atoms with van der Waals surface area (Å²) >= 11 is 0. The van der Waals surface area contributed by atoms with Crippen LogP contribution in [0.2, 0.25) is 0 Å². The SMILES string of the molecule is C[C@@H]1C[C@H]1NC(=O)CCc1ccc(C(=O)O)cc1. The zero-order chi connectivity index (χ0) is 13.1. The largest absolute Gasteiger partial charge is 0.478 e. The average Bonchev–Trinajstić information content (AvgIpc) is 3.02. The van der Waals surface area contributed by atoms with Crippen LogP contribution in [0.15, 0.2) is 24.3 Å². The Labute approximate surface area is 106 Å². The van der Waals surface area contributed by atoms with Gasteiger partial charge in [-0.25, -0.2) is 4.79 Å². The highest BCUT2D eigenvalue weighted by molar-refractivity contribution is 5.87. The van der Waals surface area contributed by atoms with E-state index in [1.165, 1.54) is 0 Å². The molecule has 1 aromatic carbocycles. The molecule has 2 rings (SSSR count). The molecule has 96 valence electrons. The van der Waals surface area contributed by atoms with Gasteiger partial charge >= 0.3 is 5.97 Å². The molecule has 1 amide bonds. The molecule has 0 heterocycles. The van der Waals surface area contributed by atoms with Gasteiger partial charge in [-0.2, -0.15) is 0 Å².